The summed E-state index contributed by atoms with van der Waals surface area (Å²) in [6, 6.07) is 12.4. The summed E-state index contributed by atoms with van der Waals surface area (Å²) in [7, 11) is 0. The Labute approximate surface area is 200 Å². The van der Waals surface area contributed by atoms with Crippen LogP contribution in [-0.4, -0.2) is 31.2 Å². The molecule has 2 aromatic heterocycles. The first kappa shape index (κ1) is 23.2. The summed E-state index contributed by atoms with van der Waals surface area (Å²) >= 11 is 7.46. The topological polar surface area (TPSA) is 72.2 Å². The van der Waals surface area contributed by atoms with Crippen molar-refractivity contribution in [1.29, 1.82) is 0 Å². The summed E-state index contributed by atoms with van der Waals surface area (Å²) < 4.78 is 15.9. The highest BCUT2D eigenvalue weighted by Gasteiger charge is 2.17. The van der Waals surface area contributed by atoms with Gasteiger partial charge in [-0.2, -0.15) is 4.98 Å². The lowest BCUT2D eigenvalue weighted by Crippen LogP contribution is -2.15. The summed E-state index contributed by atoms with van der Waals surface area (Å²) in [5.41, 5.74) is 4.70. The van der Waals surface area contributed by atoms with Crippen molar-refractivity contribution in [3.8, 4) is 0 Å². The Morgan fingerprint density at radius 1 is 1.12 bits per heavy atom. The minimum absolute atomic E-state index is 0.129. The van der Waals surface area contributed by atoms with Gasteiger partial charge >= 0.3 is 0 Å². The van der Waals surface area contributed by atoms with Gasteiger partial charge in [0.15, 0.2) is 0 Å². The average Bonchev–Trinajstić information content (AvgIpc) is 3.20. The van der Waals surface area contributed by atoms with Crippen LogP contribution in [0, 0.1) is 19.7 Å². The van der Waals surface area contributed by atoms with Gasteiger partial charge in [0.25, 0.3) is 5.78 Å². The molecule has 9 heteroatoms. The maximum Gasteiger partial charge on any atom is 0.253 e. The van der Waals surface area contributed by atoms with Gasteiger partial charge in [-0.25, -0.2) is 13.9 Å². The van der Waals surface area contributed by atoms with Crippen molar-refractivity contribution in [3.63, 3.8) is 0 Å². The number of aromatic nitrogens is 4. The molecule has 4 aromatic rings. The summed E-state index contributed by atoms with van der Waals surface area (Å²) in [5, 5.41) is 8.28. The van der Waals surface area contributed by atoms with Crippen LogP contribution in [0.1, 0.15) is 35.0 Å². The third kappa shape index (κ3) is 5.02. The molecule has 0 saturated carbocycles. The molecule has 2 aromatic carbocycles. The number of fused-ring (bicyclic) bond motifs is 1. The van der Waals surface area contributed by atoms with Gasteiger partial charge in [0.05, 0.1) is 5.75 Å². The highest BCUT2D eigenvalue weighted by molar-refractivity contribution is 7.99. The van der Waals surface area contributed by atoms with E-state index in [1.165, 1.54) is 17.8 Å². The molecule has 0 atom stereocenters. The summed E-state index contributed by atoms with van der Waals surface area (Å²) in [6.45, 7) is 5.80. The van der Waals surface area contributed by atoms with E-state index in [1.54, 1.807) is 16.6 Å². The van der Waals surface area contributed by atoms with Gasteiger partial charge in [-0.3, -0.25) is 4.79 Å². The fourth-order valence-corrected chi connectivity index (χ4v) is 4.50. The summed E-state index contributed by atoms with van der Waals surface area (Å²) in [5.74, 6) is 0.125. The first-order chi connectivity index (χ1) is 15.9. The van der Waals surface area contributed by atoms with Crippen LogP contribution in [0.4, 0.5) is 10.1 Å². The van der Waals surface area contributed by atoms with E-state index in [9.17, 15) is 9.18 Å². The molecular weight excluding hydrogens is 461 g/mol. The van der Waals surface area contributed by atoms with Gasteiger partial charge in [-0.15, -0.1) is 5.10 Å². The Morgan fingerprint density at radius 3 is 2.67 bits per heavy atom. The smallest absolute Gasteiger partial charge is 0.253 e. The molecule has 170 valence electrons. The number of nitrogens with zero attached hydrogens (tertiary/aromatic N) is 4. The van der Waals surface area contributed by atoms with Crippen LogP contribution in [0.3, 0.4) is 0 Å². The maximum absolute atomic E-state index is 14.3. The van der Waals surface area contributed by atoms with Crippen molar-refractivity contribution >= 4 is 40.7 Å². The monoisotopic (exact) mass is 483 g/mol. The number of carbonyl (C=O) groups excluding carboxylic acids is 1. The molecule has 33 heavy (non-hydrogen) atoms. The van der Waals surface area contributed by atoms with Crippen molar-refractivity contribution in [1.82, 2.24) is 19.6 Å². The Balaban J connectivity index is 1.52. The Kier molecular flexibility index (Phi) is 6.95. The van der Waals surface area contributed by atoms with E-state index in [2.05, 4.69) is 20.4 Å². The summed E-state index contributed by atoms with van der Waals surface area (Å²) in [6.07, 6.45) is 1.13. The SMILES string of the molecule is CCc1ccccc1NC(=O)CSc1nc2nc(C)c(Cc3c(F)cccc3Cl)c(C)n2n1. The van der Waals surface area contributed by atoms with E-state index in [4.69, 9.17) is 11.6 Å². The van der Waals surface area contributed by atoms with Crippen molar-refractivity contribution in [3.05, 3.63) is 81.4 Å². The highest BCUT2D eigenvalue weighted by Crippen LogP contribution is 2.26. The van der Waals surface area contributed by atoms with Gasteiger partial charge in [0.1, 0.15) is 5.82 Å². The molecule has 0 bridgehead atoms. The number of carbonyl (C=O) groups is 1. The lowest BCUT2D eigenvalue weighted by atomic mass is 10.0. The van der Waals surface area contributed by atoms with Gasteiger partial charge in [-0.1, -0.05) is 54.6 Å². The largest absolute Gasteiger partial charge is 0.325 e. The number of halogens is 2. The number of hydrogen-bond donors (Lipinski definition) is 1. The molecular formula is C24H23ClFN5OS. The van der Waals surface area contributed by atoms with Crippen LogP contribution in [0.25, 0.3) is 5.78 Å². The predicted molar refractivity (Wildman–Crippen MR) is 130 cm³/mol. The van der Waals surface area contributed by atoms with Crippen LogP contribution >= 0.6 is 23.4 Å². The van der Waals surface area contributed by atoms with Crippen LogP contribution in [0.15, 0.2) is 47.6 Å². The third-order valence-corrected chi connectivity index (χ3v) is 6.64. The van der Waals surface area contributed by atoms with E-state index >= 15 is 0 Å². The van der Waals surface area contributed by atoms with Crippen LogP contribution < -0.4 is 5.32 Å². The standard InChI is InChI=1S/C24H23ClFN5OS/c1-4-16-8-5-6-11-21(16)28-22(32)13-33-24-29-23-27-14(2)17(15(3)31(23)30-24)12-18-19(25)9-7-10-20(18)26/h5-11H,4,12-13H2,1-3H3,(H,28,32). The lowest BCUT2D eigenvalue weighted by molar-refractivity contribution is -0.113. The number of benzene rings is 2. The maximum atomic E-state index is 14.3. The number of amides is 1. The molecule has 2 heterocycles. The zero-order chi connectivity index (χ0) is 23.5. The van der Waals surface area contributed by atoms with E-state index < -0.39 is 0 Å². The third-order valence-electron chi connectivity index (χ3n) is 5.45. The van der Waals surface area contributed by atoms with E-state index in [-0.39, 0.29) is 17.5 Å². The Morgan fingerprint density at radius 2 is 1.91 bits per heavy atom. The zero-order valence-electron chi connectivity index (χ0n) is 18.5. The number of nitrogens with one attached hydrogen (secondary N) is 1. The van der Waals surface area contributed by atoms with Gasteiger partial charge in [0.2, 0.25) is 11.1 Å². The molecule has 0 aliphatic carbocycles. The normalized spacial score (nSPS) is 11.2. The first-order valence-corrected chi connectivity index (χ1v) is 11.9. The Bertz CT molecular complexity index is 1320. The molecule has 6 nitrogen and oxygen atoms in total. The van der Waals surface area contributed by atoms with E-state index in [0.29, 0.717) is 27.9 Å². The molecule has 4 rings (SSSR count). The van der Waals surface area contributed by atoms with Crippen molar-refractivity contribution in [2.75, 3.05) is 11.1 Å². The Hall–Kier alpha value is -2.97. The second-order valence-electron chi connectivity index (χ2n) is 7.59. The van der Waals surface area contributed by atoms with Gasteiger partial charge in [0, 0.05) is 34.1 Å². The minimum atomic E-state index is -0.355. The van der Waals surface area contributed by atoms with Crippen molar-refractivity contribution < 1.29 is 9.18 Å². The van der Waals surface area contributed by atoms with Crippen LogP contribution in [0.2, 0.25) is 5.02 Å². The quantitative estimate of drug-likeness (QED) is 0.355. The molecule has 0 radical (unpaired) electrons. The second kappa shape index (κ2) is 9.89. The lowest BCUT2D eigenvalue weighted by Gasteiger charge is -2.12. The molecule has 0 unspecified atom stereocenters. The van der Waals surface area contributed by atoms with E-state index in [1.807, 2.05) is 45.0 Å². The molecule has 1 amide bonds. The number of rotatable bonds is 7. The number of thioether (sulfide) groups is 1. The number of para-hydroxylation sites is 1. The second-order valence-corrected chi connectivity index (χ2v) is 8.94. The fraction of sp³-hybridized carbons (Fsp3) is 0.250. The highest BCUT2D eigenvalue weighted by atomic mass is 35.5. The van der Waals surface area contributed by atoms with Crippen LogP contribution in [0.5, 0.6) is 0 Å². The molecule has 0 saturated heterocycles. The van der Waals surface area contributed by atoms with E-state index in [0.717, 1.165) is 34.6 Å². The number of hydrogen-bond acceptors (Lipinski definition) is 5. The number of aryl methyl sites for hydroxylation is 3. The van der Waals surface area contributed by atoms with Gasteiger partial charge < -0.3 is 5.32 Å². The molecule has 0 aliphatic rings. The molecule has 1 N–H and O–H groups in total. The molecule has 0 fully saturated rings. The molecule has 0 spiro atoms. The van der Waals surface area contributed by atoms with Crippen molar-refractivity contribution in [2.45, 2.75) is 38.8 Å². The average molecular weight is 484 g/mol. The predicted octanol–water partition coefficient (Wildman–Crippen LogP) is 5.42. The first-order valence-electron chi connectivity index (χ1n) is 10.5. The summed E-state index contributed by atoms with van der Waals surface area (Å²) in [4.78, 5) is 21.4. The van der Waals surface area contributed by atoms with Crippen molar-refractivity contribution in [2.24, 2.45) is 0 Å². The number of anilines is 1. The fourth-order valence-electron chi connectivity index (χ4n) is 3.65. The molecule has 0 aliphatic heterocycles. The van der Waals surface area contributed by atoms with Crippen LogP contribution in [-0.2, 0) is 17.6 Å². The zero-order valence-corrected chi connectivity index (χ0v) is 20.1. The van der Waals surface area contributed by atoms with Gasteiger partial charge in [-0.05, 0) is 49.6 Å². The minimum Gasteiger partial charge on any atom is -0.325 e.